The molecule has 0 aliphatic heterocycles. The highest BCUT2D eigenvalue weighted by molar-refractivity contribution is 6.29. The van der Waals surface area contributed by atoms with Gasteiger partial charge in [0.15, 0.2) is 0 Å². The van der Waals surface area contributed by atoms with Gasteiger partial charge in [-0.25, -0.2) is 4.98 Å². The Balaban J connectivity index is 2.30. The van der Waals surface area contributed by atoms with Gasteiger partial charge < -0.3 is 10.2 Å². The largest absolute Gasteiger partial charge is 0.382 e. The molecule has 0 aliphatic carbocycles. The van der Waals surface area contributed by atoms with Crippen molar-refractivity contribution in [2.24, 2.45) is 0 Å². The third-order valence-electron chi connectivity index (χ3n) is 2.44. The molecule has 19 heavy (non-hydrogen) atoms. The van der Waals surface area contributed by atoms with E-state index in [9.17, 15) is 10.1 Å². The van der Waals surface area contributed by atoms with Crippen LogP contribution in [0.1, 0.15) is 12.5 Å². The molecule has 1 rings (SSSR count). The molecule has 0 atom stereocenters. The minimum atomic E-state index is -0.467. The van der Waals surface area contributed by atoms with Gasteiger partial charge in [0.1, 0.15) is 5.15 Å². The number of aromatic nitrogens is 1. The summed E-state index contributed by atoms with van der Waals surface area (Å²) in [4.78, 5) is 15.9. The summed E-state index contributed by atoms with van der Waals surface area (Å²) in [5.74, 6) is 0. The first-order chi connectivity index (χ1) is 8.97. The second kappa shape index (κ2) is 7.70. The van der Waals surface area contributed by atoms with Crippen LogP contribution in [0.5, 0.6) is 0 Å². The van der Waals surface area contributed by atoms with Crippen LogP contribution in [0.25, 0.3) is 0 Å². The third kappa shape index (κ3) is 6.73. The number of pyridine rings is 1. The van der Waals surface area contributed by atoms with E-state index in [0.29, 0.717) is 17.4 Å². The van der Waals surface area contributed by atoms with Crippen LogP contribution in [0, 0.1) is 10.1 Å². The molecule has 0 unspecified atom stereocenters. The lowest BCUT2D eigenvalue weighted by atomic mass is 10.3. The SMILES string of the molecule is CC(=C[N+](=O)[O-])NCCN(C)Cc1ccc(Cl)nc1. The Bertz CT molecular complexity index is 448. The van der Waals surface area contributed by atoms with Gasteiger partial charge in [0.2, 0.25) is 0 Å². The second-order valence-corrected chi connectivity index (χ2v) is 4.64. The van der Waals surface area contributed by atoms with Crippen LogP contribution < -0.4 is 5.32 Å². The molecule has 104 valence electrons. The number of nitrogens with zero attached hydrogens (tertiary/aromatic N) is 3. The second-order valence-electron chi connectivity index (χ2n) is 4.25. The molecule has 6 nitrogen and oxygen atoms in total. The van der Waals surface area contributed by atoms with Crippen molar-refractivity contribution in [1.82, 2.24) is 15.2 Å². The maximum atomic E-state index is 10.2. The van der Waals surface area contributed by atoms with Crippen LogP contribution >= 0.6 is 11.6 Å². The fraction of sp³-hybridized carbons (Fsp3) is 0.417. The van der Waals surface area contributed by atoms with Gasteiger partial charge in [0, 0.05) is 25.8 Å². The Morgan fingerprint density at radius 3 is 2.95 bits per heavy atom. The Kier molecular flexibility index (Phi) is 6.24. The highest BCUT2D eigenvalue weighted by Crippen LogP contribution is 2.06. The summed E-state index contributed by atoms with van der Waals surface area (Å²) in [5.41, 5.74) is 1.62. The third-order valence-corrected chi connectivity index (χ3v) is 2.66. The lowest BCUT2D eigenvalue weighted by Crippen LogP contribution is -2.28. The lowest BCUT2D eigenvalue weighted by molar-refractivity contribution is -0.403. The van der Waals surface area contributed by atoms with E-state index in [4.69, 9.17) is 11.6 Å². The summed E-state index contributed by atoms with van der Waals surface area (Å²) in [6.45, 7) is 3.84. The first-order valence-electron chi connectivity index (χ1n) is 5.82. The average molecular weight is 285 g/mol. The summed E-state index contributed by atoms with van der Waals surface area (Å²) in [5, 5.41) is 13.7. The number of hydrogen-bond acceptors (Lipinski definition) is 5. The maximum Gasteiger partial charge on any atom is 0.252 e. The molecule has 7 heteroatoms. The fourth-order valence-corrected chi connectivity index (χ4v) is 1.65. The zero-order chi connectivity index (χ0) is 14.3. The van der Waals surface area contributed by atoms with Gasteiger partial charge in [0.05, 0.1) is 10.6 Å². The highest BCUT2D eigenvalue weighted by atomic mass is 35.5. The molecule has 0 amide bonds. The molecule has 0 fully saturated rings. The highest BCUT2D eigenvalue weighted by Gasteiger charge is 2.01. The molecule has 0 radical (unpaired) electrons. The van der Waals surface area contributed by atoms with Gasteiger partial charge in [-0.1, -0.05) is 17.7 Å². The van der Waals surface area contributed by atoms with Gasteiger partial charge in [-0.15, -0.1) is 0 Å². The van der Waals surface area contributed by atoms with Crippen molar-refractivity contribution in [1.29, 1.82) is 0 Å². The van der Waals surface area contributed by atoms with Crippen LogP contribution in [0.4, 0.5) is 0 Å². The van der Waals surface area contributed by atoms with Crippen molar-refractivity contribution >= 4 is 11.6 Å². The first-order valence-corrected chi connectivity index (χ1v) is 6.20. The van der Waals surface area contributed by atoms with Gasteiger partial charge in [-0.3, -0.25) is 10.1 Å². The molecule has 0 saturated carbocycles. The zero-order valence-electron chi connectivity index (χ0n) is 11.0. The van der Waals surface area contributed by atoms with Gasteiger partial charge in [-0.2, -0.15) is 0 Å². The summed E-state index contributed by atoms with van der Waals surface area (Å²) < 4.78 is 0. The van der Waals surface area contributed by atoms with Crippen molar-refractivity contribution in [2.75, 3.05) is 20.1 Å². The number of likely N-dealkylation sites (N-methyl/N-ethyl adjacent to an activating group) is 1. The Labute approximate surface area is 117 Å². The van der Waals surface area contributed by atoms with Crippen LogP contribution in [0.2, 0.25) is 5.15 Å². The summed E-state index contributed by atoms with van der Waals surface area (Å²) in [6, 6.07) is 3.68. The van der Waals surface area contributed by atoms with E-state index in [1.54, 1.807) is 19.2 Å². The van der Waals surface area contributed by atoms with Crippen LogP contribution in [0.3, 0.4) is 0 Å². The minimum absolute atomic E-state index is 0.467. The average Bonchev–Trinajstić information content (AvgIpc) is 2.31. The van der Waals surface area contributed by atoms with Gasteiger partial charge >= 0.3 is 0 Å². The molecule has 1 N–H and O–H groups in total. The maximum absolute atomic E-state index is 10.2. The number of allylic oxidation sites excluding steroid dienone is 1. The first kappa shape index (κ1) is 15.4. The Morgan fingerprint density at radius 1 is 1.63 bits per heavy atom. The number of rotatable bonds is 7. The number of hydrogen-bond donors (Lipinski definition) is 1. The molecule has 0 bridgehead atoms. The number of halogens is 1. The quantitative estimate of drug-likeness (QED) is 0.470. The van der Waals surface area contributed by atoms with Crippen molar-refractivity contribution in [3.05, 3.63) is 51.1 Å². The zero-order valence-corrected chi connectivity index (χ0v) is 11.7. The summed E-state index contributed by atoms with van der Waals surface area (Å²) in [6.07, 6.45) is 2.70. The molecule has 0 spiro atoms. The molecule has 1 aromatic rings. The number of nitro groups is 1. The van der Waals surface area contributed by atoms with E-state index in [1.165, 1.54) is 0 Å². The van der Waals surface area contributed by atoms with E-state index in [1.807, 2.05) is 13.1 Å². The molecular weight excluding hydrogens is 268 g/mol. The summed E-state index contributed by atoms with van der Waals surface area (Å²) >= 11 is 5.71. The minimum Gasteiger partial charge on any atom is -0.382 e. The van der Waals surface area contributed by atoms with Crippen molar-refractivity contribution in [3.63, 3.8) is 0 Å². The van der Waals surface area contributed by atoms with Crippen molar-refractivity contribution in [2.45, 2.75) is 13.5 Å². The van der Waals surface area contributed by atoms with E-state index < -0.39 is 4.92 Å². The standard InChI is InChI=1S/C12H17ClN4O2/c1-10(8-17(18)19)14-5-6-16(2)9-11-3-4-12(13)15-7-11/h3-4,7-8,14H,5-6,9H2,1-2H3. The van der Waals surface area contributed by atoms with Gasteiger partial charge in [0.25, 0.3) is 6.20 Å². The Morgan fingerprint density at radius 2 is 2.37 bits per heavy atom. The number of nitrogens with one attached hydrogen (secondary N) is 1. The monoisotopic (exact) mass is 284 g/mol. The van der Waals surface area contributed by atoms with E-state index >= 15 is 0 Å². The van der Waals surface area contributed by atoms with Crippen LogP contribution in [0.15, 0.2) is 30.2 Å². The summed E-state index contributed by atoms with van der Waals surface area (Å²) in [7, 11) is 1.98. The molecule has 0 aliphatic rings. The molecule has 1 heterocycles. The van der Waals surface area contributed by atoms with E-state index in [0.717, 1.165) is 24.9 Å². The van der Waals surface area contributed by atoms with Crippen LogP contribution in [-0.4, -0.2) is 34.9 Å². The van der Waals surface area contributed by atoms with Crippen molar-refractivity contribution in [3.8, 4) is 0 Å². The topological polar surface area (TPSA) is 71.3 Å². The fourth-order valence-electron chi connectivity index (χ4n) is 1.54. The Hall–Kier alpha value is -1.66. The normalized spacial score (nSPS) is 11.7. The van der Waals surface area contributed by atoms with E-state index in [2.05, 4.69) is 15.2 Å². The predicted molar refractivity (Wildman–Crippen MR) is 74.3 cm³/mol. The van der Waals surface area contributed by atoms with Gasteiger partial charge in [-0.05, 0) is 25.6 Å². The smallest absolute Gasteiger partial charge is 0.252 e. The van der Waals surface area contributed by atoms with Crippen molar-refractivity contribution < 1.29 is 4.92 Å². The van der Waals surface area contributed by atoms with E-state index in [-0.39, 0.29) is 0 Å². The molecule has 0 saturated heterocycles. The molecule has 0 aromatic carbocycles. The lowest BCUT2D eigenvalue weighted by Gasteiger charge is -2.17. The molecular formula is C12H17ClN4O2. The predicted octanol–water partition coefficient (Wildman–Crippen LogP) is 1.89. The van der Waals surface area contributed by atoms with Crippen LogP contribution in [-0.2, 0) is 6.54 Å². The molecule has 1 aromatic heterocycles.